The van der Waals surface area contributed by atoms with Crippen LogP contribution in [0.3, 0.4) is 0 Å². The fourth-order valence-corrected chi connectivity index (χ4v) is 3.65. The van der Waals surface area contributed by atoms with Crippen LogP contribution in [0, 0.1) is 6.92 Å². The molecule has 2 aromatic carbocycles. The average molecular weight is 457 g/mol. The zero-order valence-electron chi connectivity index (χ0n) is 17.2. The number of halogens is 1. The molecule has 1 atom stereocenters. The van der Waals surface area contributed by atoms with Crippen molar-refractivity contribution in [3.05, 3.63) is 75.5 Å². The first-order valence-corrected chi connectivity index (χ1v) is 10.7. The molecular formula is C22H21ClN4O3S. The topological polar surface area (TPSA) is 93.1 Å². The van der Waals surface area contributed by atoms with Crippen LogP contribution in [0.15, 0.2) is 64.4 Å². The fraction of sp³-hybridized carbons (Fsp3) is 0.182. The maximum absolute atomic E-state index is 12.6. The van der Waals surface area contributed by atoms with E-state index in [1.807, 2.05) is 13.0 Å². The van der Waals surface area contributed by atoms with E-state index >= 15 is 0 Å². The minimum Gasteiger partial charge on any atom is -0.326 e. The molecule has 7 nitrogen and oxygen atoms in total. The molecule has 1 heterocycles. The van der Waals surface area contributed by atoms with Gasteiger partial charge in [0.25, 0.3) is 5.56 Å². The number of rotatable bonds is 6. The molecule has 0 aliphatic heterocycles. The maximum Gasteiger partial charge on any atom is 0.271 e. The van der Waals surface area contributed by atoms with Gasteiger partial charge in [0.2, 0.25) is 11.8 Å². The molecule has 0 aliphatic rings. The maximum atomic E-state index is 12.6. The summed E-state index contributed by atoms with van der Waals surface area (Å²) in [6.45, 7) is 5.06. The Kier molecular flexibility index (Phi) is 7.14. The van der Waals surface area contributed by atoms with Crippen LogP contribution in [0.1, 0.15) is 19.4 Å². The number of hydrogen-bond donors (Lipinski definition) is 2. The molecule has 0 saturated carbocycles. The molecule has 0 saturated heterocycles. The van der Waals surface area contributed by atoms with Gasteiger partial charge in [-0.2, -0.15) is 9.78 Å². The molecule has 0 radical (unpaired) electrons. The molecule has 0 spiro atoms. The quantitative estimate of drug-likeness (QED) is 0.540. The number of anilines is 2. The zero-order valence-corrected chi connectivity index (χ0v) is 18.8. The molecule has 0 bridgehead atoms. The first-order valence-electron chi connectivity index (χ1n) is 9.45. The smallest absolute Gasteiger partial charge is 0.271 e. The van der Waals surface area contributed by atoms with Crippen LogP contribution in [-0.4, -0.2) is 26.8 Å². The summed E-state index contributed by atoms with van der Waals surface area (Å²) in [4.78, 5) is 35.9. The second-order valence-corrected chi connectivity index (χ2v) is 8.63. The van der Waals surface area contributed by atoms with Gasteiger partial charge in [-0.25, -0.2) is 0 Å². The molecule has 9 heteroatoms. The van der Waals surface area contributed by atoms with Crippen LogP contribution in [-0.2, 0) is 9.59 Å². The molecule has 2 N–H and O–H groups in total. The normalized spacial score (nSPS) is 11.6. The Morgan fingerprint density at radius 1 is 1.03 bits per heavy atom. The largest absolute Gasteiger partial charge is 0.326 e. The number of nitrogens with one attached hydrogen (secondary N) is 2. The summed E-state index contributed by atoms with van der Waals surface area (Å²) in [5, 5.41) is 10.5. The minimum atomic E-state index is -0.463. The summed E-state index contributed by atoms with van der Waals surface area (Å²) in [7, 11) is 0. The zero-order chi connectivity index (χ0) is 22.5. The van der Waals surface area contributed by atoms with Gasteiger partial charge >= 0.3 is 0 Å². The molecule has 31 heavy (non-hydrogen) atoms. The second-order valence-electron chi connectivity index (χ2n) is 6.86. The Labute approximate surface area is 188 Å². The summed E-state index contributed by atoms with van der Waals surface area (Å²) < 4.78 is 1.26. The lowest BCUT2D eigenvalue weighted by molar-refractivity contribution is -0.115. The Morgan fingerprint density at radius 2 is 1.68 bits per heavy atom. The van der Waals surface area contributed by atoms with Crippen LogP contribution < -0.4 is 16.2 Å². The number of carbonyl (C=O) groups is 2. The molecule has 0 fully saturated rings. The Morgan fingerprint density at radius 3 is 2.29 bits per heavy atom. The third kappa shape index (κ3) is 5.96. The number of thioether (sulfide) groups is 1. The first-order chi connectivity index (χ1) is 14.7. The van der Waals surface area contributed by atoms with Crippen molar-refractivity contribution in [1.29, 1.82) is 0 Å². The SMILES string of the molecule is CC(=O)Nc1ccc(NC(=O)[C@@H](C)Sc2ccc(=O)n(-c3ccc(C)c(Cl)c3)n2)cc1. The number of carbonyl (C=O) groups excluding carboxylic acids is 2. The summed E-state index contributed by atoms with van der Waals surface area (Å²) >= 11 is 7.41. The van der Waals surface area contributed by atoms with Gasteiger partial charge in [0.1, 0.15) is 5.03 Å². The number of nitrogens with zero attached hydrogens (tertiary/aromatic N) is 2. The van der Waals surface area contributed by atoms with E-state index in [0.717, 1.165) is 5.56 Å². The van der Waals surface area contributed by atoms with E-state index in [2.05, 4.69) is 15.7 Å². The van der Waals surface area contributed by atoms with Crippen LogP contribution in [0.25, 0.3) is 5.69 Å². The van der Waals surface area contributed by atoms with Gasteiger partial charge in [0, 0.05) is 29.4 Å². The lowest BCUT2D eigenvalue weighted by Gasteiger charge is -2.13. The predicted molar refractivity (Wildman–Crippen MR) is 124 cm³/mol. The standard InChI is InChI=1S/C22H21ClN4O3S/c1-13-4-9-18(12-19(13)23)27-21(29)11-10-20(26-27)31-14(2)22(30)25-17-7-5-16(6-8-17)24-15(3)28/h4-12,14H,1-3H3,(H,24,28)(H,25,30)/t14-/m1/s1. The first kappa shape index (κ1) is 22.6. The van der Waals surface area contributed by atoms with E-state index in [9.17, 15) is 14.4 Å². The van der Waals surface area contributed by atoms with Gasteiger partial charge in [0.05, 0.1) is 10.9 Å². The van der Waals surface area contributed by atoms with Crippen LogP contribution in [0.4, 0.5) is 11.4 Å². The Balaban J connectivity index is 1.70. The van der Waals surface area contributed by atoms with Gasteiger partial charge < -0.3 is 10.6 Å². The summed E-state index contributed by atoms with van der Waals surface area (Å²) in [6.07, 6.45) is 0. The number of aryl methyl sites for hydroxylation is 1. The summed E-state index contributed by atoms with van der Waals surface area (Å²) in [6, 6.07) is 15.1. The Bertz CT molecular complexity index is 1180. The highest BCUT2D eigenvalue weighted by molar-refractivity contribution is 8.00. The van der Waals surface area contributed by atoms with Crippen molar-refractivity contribution in [2.24, 2.45) is 0 Å². The number of hydrogen-bond acceptors (Lipinski definition) is 5. The van der Waals surface area contributed by atoms with E-state index in [0.29, 0.717) is 27.1 Å². The van der Waals surface area contributed by atoms with Gasteiger partial charge in [-0.05, 0) is 61.9 Å². The van der Waals surface area contributed by atoms with E-state index in [1.54, 1.807) is 49.4 Å². The van der Waals surface area contributed by atoms with Crippen molar-refractivity contribution >= 4 is 46.6 Å². The lowest BCUT2D eigenvalue weighted by Crippen LogP contribution is -2.24. The lowest BCUT2D eigenvalue weighted by atomic mass is 10.2. The highest BCUT2D eigenvalue weighted by Gasteiger charge is 2.16. The van der Waals surface area contributed by atoms with E-state index in [4.69, 9.17) is 11.6 Å². The third-order valence-electron chi connectivity index (χ3n) is 4.32. The second kappa shape index (κ2) is 9.80. The average Bonchev–Trinajstić information content (AvgIpc) is 2.72. The van der Waals surface area contributed by atoms with Crippen LogP contribution in [0.2, 0.25) is 5.02 Å². The highest BCUT2D eigenvalue weighted by Crippen LogP contribution is 2.23. The van der Waals surface area contributed by atoms with Gasteiger partial charge in [-0.3, -0.25) is 14.4 Å². The molecule has 160 valence electrons. The van der Waals surface area contributed by atoms with E-state index < -0.39 is 5.25 Å². The van der Waals surface area contributed by atoms with Crippen molar-refractivity contribution in [2.45, 2.75) is 31.0 Å². The van der Waals surface area contributed by atoms with E-state index in [-0.39, 0.29) is 17.4 Å². The molecule has 2 amide bonds. The summed E-state index contributed by atoms with van der Waals surface area (Å²) in [5.74, 6) is -0.376. The van der Waals surface area contributed by atoms with Crippen molar-refractivity contribution in [1.82, 2.24) is 9.78 Å². The van der Waals surface area contributed by atoms with Gasteiger partial charge in [0.15, 0.2) is 0 Å². The third-order valence-corrected chi connectivity index (χ3v) is 5.75. The molecule has 0 unspecified atom stereocenters. The highest BCUT2D eigenvalue weighted by atomic mass is 35.5. The number of amides is 2. The Hall–Kier alpha value is -3.10. The fourth-order valence-electron chi connectivity index (χ4n) is 2.67. The van der Waals surface area contributed by atoms with E-state index in [1.165, 1.54) is 29.4 Å². The number of aromatic nitrogens is 2. The minimum absolute atomic E-state index is 0.163. The predicted octanol–water partition coefficient (Wildman–Crippen LogP) is 4.27. The molecular weight excluding hydrogens is 436 g/mol. The van der Waals surface area contributed by atoms with Crippen LogP contribution in [0.5, 0.6) is 0 Å². The molecule has 0 aliphatic carbocycles. The van der Waals surface area contributed by atoms with Gasteiger partial charge in [-0.15, -0.1) is 0 Å². The summed E-state index contributed by atoms with van der Waals surface area (Å²) in [5.41, 5.74) is 2.42. The van der Waals surface area contributed by atoms with Crippen molar-refractivity contribution < 1.29 is 9.59 Å². The molecule has 3 rings (SSSR count). The van der Waals surface area contributed by atoms with Crippen molar-refractivity contribution in [2.75, 3.05) is 10.6 Å². The monoisotopic (exact) mass is 456 g/mol. The molecule has 3 aromatic rings. The van der Waals surface area contributed by atoms with Crippen LogP contribution >= 0.6 is 23.4 Å². The van der Waals surface area contributed by atoms with Crippen molar-refractivity contribution in [3.63, 3.8) is 0 Å². The molecule has 1 aromatic heterocycles. The van der Waals surface area contributed by atoms with Gasteiger partial charge in [-0.1, -0.05) is 29.4 Å². The number of benzene rings is 2. The van der Waals surface area contributed by atoms with Crippen molar-refractivity contribution in [3.8, 4) is 5.69 Å².